The summed E-state index contributed by atoms with van der Waals surface area (Å²) in [5, 5.41) is 3.30. The summed E-state index contributed by atoms with van der Waals surface area (Å²) < 4.78 is 0. The van der Waals surface area contributed by atoms with Crippen LogP contribution in [0.5, 0.6) is 0 Å². The third kappa shape index (κ3) is 3.86. The van der Waals surface area contributed by atoms with E-state index in [0.717, 1.165) is 24.5 Å². The molecule has 1 saturated heterocycles. The van der Waals surface area contributed by atoms with Gasteiger partial charge in [-0.05, 0) is 37.3 Å². The van der Waals surface area contributed by atoms with E-state index in [9.17, 15) is 0 Å². The molecule has 114 valence electrons. The molecule has 1 saturated carbocycles. The molecule has 1 aliphatic heterocycles. The average molecular weight is 287 g/mol. The molecule has 2 heterocycles. The molecule has 2 aliphatic rings. The molecule has 3 N–H and O–H groups in total. The number of pyridine rings is 1. The summed E-state index contributed by atoms with van der Waals surface area (Å²) in [5.41, 5.74) is 7.05. The molecule has 0 aromatic carbocycles. The monoisotopic (exact) mass is 287 g/mol. The zero-order valence-electron chi connectivity index (χ0n) is 12.6. The van der Waals surface area contributed by atoms with Gasteiger partial charge < -0.3 is 16.0 Å². The van der Waals surface area contributed by atoms with Gasteiger partial charge in [-0.1, -0.05) is 18.9 Å². The minimum absolute atomic E-state index is 0.518. The average Bonchev–Trinajstić information content (AvgIpc) is 3.19. The quantitative estimate of drug-likeness (QED) is 0.657. The van der Waals surface area contributed by atoms with E-state index in [2.05, 4.69) is 32.3 Å². The van der Waals surface area contributed by atoms with Gasteiger partial charge in [0.05, 0.1) is 6.54 Å². The SMILES string of the molecule is NC(=NCc1ccc(N2CCCC2)nc1)NC1CCCC1. The number of nitrogens with one attached hydrogen (secondary N) is 1. The Labute approximate surface area is 126 Å². The number of anilines is 1. The van der Waals surface area contributed by atoms with Gasteiger partial charge in [0.2, 0.25) is 0 Å². The Morgan fingerprint density at radius 1 is 1.24 bits per heavy atom. The second-order valence-electron chi connectivity index (χ2n) is 6.05. The molecule has 1 aromatic heterocycles. The summed E-state index contributed by atoms with van der Waals surface area (Å²) >= 11 is 0. The first kappa shape index (κ1) is 14.2. The number of nitrogens with two attached hydrogens (primary N) is 1. The molecule has 0 bridgehead atoms. The van der Waals surface area contributed by atoms with Crippen molar-refractivity contribution in [3.8, 4) is 0 Å². The van der Waals surface area contributed by atoms with Gasteiger partial charge in [0.15, 0.2) is 5.96 Å². The molecule has 5 nitrogen and oxygen atoms in total. The van der Waals surface area contributed by atoms with E-state index < -0.39 is 0 Å². The first-order valence-electron chi connectivity index (χ1n) is 8.07. The van der Waals surface area contributed by atoms with E-state index >= 15 is 0 Å². The maximum atomic E-state index is 5.94. The van der Waals surface area contributed by atoms with Crippen LogP contribution in [0.25, 0.3) is 0 Å². The van der Waals surface area contributed by atoms with E-state index in [0.29, 0.717) is 18.5 Å². The lowest BCUT2D eigenvalue weighted by Gasteiger charge is -2.16. The molecular weight excluding hydrogens is 262 g/mol. The summed E-state index contributed by atoms with van der Waals surface area (Å²) in [6, 6.07) is 4.72. The van der Waals surface area contributed by atoms with Crippen molar-refractivity contribution in [1.82, 2.24) is 10.3 Å². The maximum Gasteiger partial charge on any atom is 0.189 e. The van der Waals surface area contributed by atoms with E-state index in [1.807, 2.05) is 6.20 Å². The lowest BCUT2D eigenvalue weighted by atomic mass is 10.2. The Bertz CT molecular complexity index is 470. The third-order valence-electron chi connectivity index (χ3n) is 4.38. The first-order valence-corrected chi connectivity index (χ1v) is 8.07. The molecule has 0 unspecified atom stereocenters. The van der Waals surface area contributed by atoms with E-state index in [4.69, 9.17) is 5.73 Å². The van der Waals surface area contributed by atoms with Gasteiger partial charge in [-0.15, -0.1) is 0 Å². The molecule has 0 amide bonds. The van der Waals surface area contributed by atoms with Crippen molar-refractivity contribution in [2.24, 2.45) is 10.7 Å². The highest BCUT2D eigenvalue weighted by Gasteiger charge is 2.15. The Kier molecular flexibility index (Phi) is 4.58. The Balaban J connectivity index is 1.52. The van der Waals surface area contributed by atoms with Crippen molar-refractivity contribution in [1.29, 1.82) is 0 Å². The zero-order chi connectivity index (χ0) is 14.5. The van der Waals surface area contributed by atoms with Gasteiger partial charge in [-0.25, -0.2) is 9.98 Å². The molecule has 3 rings (SSSR count). The van der Waals surface area contributed by atoms with E-state index in [1.165, 1.54) is 38.5 Å². The Morgan fingerprint density at radius 2 is 2.00 bits per heavy atom. The van der Waals surface area contributed by atoms with Crippen LogP contribution in [0.2, 0.25) is 0 Å². The Hall–Kier alpha value is -1.78. The van der Waals surface area contributed by atoms with Crippen molar-refractivity contribution in [2.45, 2.75) is 51.1 Å². The minimum Gasteiger partial charge on any atom is -0.370 e. The second-order valence-corrected chi connectivity index (χ2v) is 6.05. The van der Waals surface area contributed by atoms with Crippen LogP contribution in [0.3, 0.4) is 0 Å². The predicted octanol–water partition coefficient (Wildman–Crippen LogP) is 2.03. The highest BCUT2D eigenvalue weighted by Crippen LogP contribution is 2.18. The van der Waals surface area contributed by atoms with Gasteiger partial charge in [0.25, 0.3) is 0 Å². The lowest BCUT2D eigenvalue weighted by Crippen LogP contribution is -2.38. The van der Waals surface area contributed by atoms with Crippen LogP contribution in [0.1, 0.15) is 44.1 Å². The summed E-state index contributed by atoms with van der Waals surface area (Å²) in [6.07, 6.45) is 9.48. The predicted molar refractivity (Wildman–Crippen MR) is 86.4 cm³/mol. The van der Waals surface area contributed by atoms with Crippen LogP contribution in [0.4, 0.5) is 5.82 Å². The van der Waals surface area contributed by atoms with Crippen molar-refractivity contribution in [3.63, 3.8) is 0 Å². The van der Waals surface area contributed by atoms with Crippen molar-refractivity contribution in [3.05, 3.63) is 23.9 Å². The number of guanidine groups is 1. The smallest absolute Gasteiger partial charge is 0.189 e. The highest BCUT2D eigenvalue weighted by molar-refractivity contribution is 5.78. The molecule has 5 heteroatoms. The van der Waals surface area contributed by atoms with Crippen LogP contribution >= 0.6 is 0 Å². The minimum atomic E-state index is 0.518. The van der Waals surface area contributed by atoms with Gasteiger partial charge in [0, 0.05) is 25.3 Å². The first-order chi connectivity index (χ1) is 10.3. The molecule has 0 radical (unpaired) electrons. The van der Waals surface area contributed by atoms with Crippen LogP contribution in [-0.2, 0) is 6.54 Å². The van der Waals surface area contributed by atoms with Gasteiger partial charge >= 0.3 is 0 Å². The zero-order valence-corrected chi connectivity index (χ0v) is 12.6. The standard InChI is InChI=1S/C16H25N5/c17-16(20-14-5-1-2-6-14)19-12-13-7-8-15(18-11-13)21-9-3-4-10-21/h7-8,11,14H,1-6,9-10,12H2,(H3,17,19,20). The van der Waals surface area contributed by atoms with Gasteiger partial charge in [-0.2, -0.15) is 0 Å². The Morgan fingerprint density at radius 3 is 2.67 bits per heavy atom. The topological polar surface area (TPSA) is 66.5 Å². The molecular formula is C16H25N5. The van der Waals surface area contributed by atoms with Crippen LogP contribution in [-0.4, -0.2) is 30.1 Å². The largest absolute Gasteiger partial charge is 0.370 e. The normalized spacial score (nSPS) is 20.2. The molecule has 2 fully saturated rings. The summed E-state index contributed by atoms with van der Waals surface area (Å²) in [4.78, 5) is 11.3. The molecule has 0 spiro atoms. The van der Waals surface area contributed by atoms with Crippen LogP contribution < -0.4 is 16.0 Å². The second kappa shape index (κ2) is 6.78. The number of aliphatic imine (C=N–C) groups is 1. The third-order valence-corrected chi connectivity index (χ3v) is 4.38. The highest BCUT2D eigenvalue weighted by atomic mass is 15.2. The number of aromatic nitrogens is 1. The molecule has 1 aromatic rings. The lowest BCUT2D eigenvalue weighted by molar-refractivity contribution is 0.625. The fourth-order valence-electron chi connectivity index (χ4n) is 3.14. The van der Waals surface area contributed by atoms with E-state index in [1.54, 1.807) is 0 Å². The van der Waals surface area contributed by atoms with E-state index in [-0.39, 0.29) is 0 Å². The summed E-state index contributed by atoms with van der Waals surface area (Å²) in [5.74, 6) is 1.64. The van der Waals surface area contributed by atoms with Crippen LogP contribution in [0, 0.1) is 0 Å². The molecule has 0 atom stereocenters. The number of hydrogen-bond acceptors (Lipinski definition) is 3. The van der Waals surface area contributed by atoms with Crippen LogP contribution in [0.15, 0.2) is 23.3 Å². The molecule has 1 aliphatic carbocycles. The van der Waals surface area contributed by atoms with Gasteiger partial charge in [-0.3, -0.25) is 0 Å². The fourth-order valence-corrected chi connectivity index (χ4v) is 3.14. The molecule has 21 heavy (non-hydrogen) atoms. The van der Waals surface area contributed by atoms with Crippen molar-refractivity contribution >= 4 is 11.8 Å². The number of nitrogens with zero attached hydrogens (tertiary/aromatic N) is 3. The summed E-state index contributed by atoms with van der Waals surface area (Å²) in [6.45, 7) is 2.85. The maximum absolute atomic E-state index is 5.94. The number of rotatable bonds is 4. The van der Waals surface area contributed by atoms with Gasteiger partial charge in [0.1, 0.15) is 5.82 Å². The fraction of sp³-hybridized carbons (Fsp3) is 0.625. The summed E-state index contributed by atoms with van der Waals surface area (Å²) in [7, 11) is 0. The number of hydrogen-bond donors (Lipinski definition) is 2. The van der Waals surface area contributed by atoms with Crippen molar-refractivity contribution in [2.75, 3.05) is 18.0 Å². The van der Waals surface area contributed by atoms with Crippen molar-refractivity contribution < 1.29 is 0 Å².